The van der Waals surface area contributed by atoms with Gasteiger partial charge in [0.05, 0.1) is 11.1 Å². The van der Waals surface area contributed by atoms with Crippen molar-refractivity contribution < 1.29 is 9.47 Å². The summed E-state index contributed by atoms with van der Waals surface area (Å²) in [4.78, 5) is 4.19. The van der Waals surface area contributed by atoms with Gasteiger partial charge in [-0.15, -0.1) is 0 Å². The Labute approximate surface area is 132 Å². The molecule has 7 heteroatoms. The van der Waals surface area contributed by atoms with E-state index in [1.165, 1.54) is 6.33 Å². The highest BCUT2D eigenvalue weighted by atomic mass is 79.9. The molecule has 114 valence electrons. The lowest BCUT2D eigenvalue weighted by atomic mass is 10.2. The largest absolute Gasteiger partial charge is 0.490 e. The molecule has 0 saturated heterocycles. The number of aromatic nitrogens is 3. The van der Waals surface area contributed by atoms with E-state index in [4.69, 9.17) is 15.2 Å². The predicted octanol–water partition coefficient (Wildman–Crippen LogP) is 2.50. The van der Waals surface area contributed by atoms with Gasteiger partial charge in [-0.05, 0) is 47.5 Å². The van der Waals surface area contributed by atoms with Gasteiger partial charge < -0.3 is 15.2 Å². The smallest absolute Gasteiger partial charge is 0.176 e. The molecule has 0 bridgehead atoms. The van der Waals surface area contributed by atoms with E-state index in [1.54, 1.807) is 4.68 Å². The Bertz CT molecular complexity index is 601. The minimum absolute atomic E-state index is 0.328. The van der Waals surface area contributed by atoms with Crippen molar-refractivity contribution in [1.29, 1.82) is 0 Å². The van der Waals surface area contributed by atoms with Crippen LogP contribution in [0.15, 0.2) is 22.9 Å². The molecule has 2 rings (SSSR count). The summed E-state index contributed by atoms with van der Waals surface area (Å²) in [5.41, 5.74) is 6.66. The first-order valence-corrected chi connectivity index (χ1v) is 7.63. The Balaban J connectivity index is 2.22. The van der Waals surface area contributed by atoms with E-state index < -0.39 is 0 Å². The van der Waals surface area contributed by atoms with Crippen molar-refractivity contribution in [2.75, 3.05) is 6.61 Å². The SMILES string of the molecule is CCOc1cc(CN)cc(Br)c1OCc1ncnn1CC. The molecular formula is C14H19BrN4O2. The monoisotopic (exact) mass is 354 g/mol. The minimum atomic E-state index is 0.328. The lowest BCUT2D eigenvalue weighted by molar-refractivity contribution is 0.256. The molecule has 0 atom stereocenters. The van der Waals surface area contributed by atoms with E-state index in [1.807, 2.05) is 26.0 Å². The molecule has 0 spiro atoms. The lowest BCUT2D eigenvalue weighted by Crippen LogP contribution is -2.08. The molecule has 0 fully saturated rings. The summed E-state index contributed by atoms with van der Waals surface area (Å²) in [5, 5.41) is 4.12. The van der Waals surface area contributed by atoms with Crippen LogP contribution < -0.4 is 15.2 Å². The zero-order valence-electron chi connectivity index (χ0n) is 12.2. The zero-order chi connectivity index (χ0) is 15.2. The van der Waals surface area contributed by atoms with Crippen LogP contribution in [0.4, 0.5) is 0 Å². The molecule has 1 aromatic heterocycles. The van der Waals surface area contributed by atoms with Crippen LogP contribution in [0.2, 0.25) is 0 Å². The van der Waals surface area contributed by atoms with Gasteiger partial charge >= 0.3 is 0 Å². The van der Waals surface area contributed by atoms with Crippen LogP contribution in [0.1, 0.15) is 25.2 Å². The highest BCUT2D eigenvalue weighted by molar-refractivity contribution is 9.10. The Morgan fingerprint density at radius 2 is 2.10 bits per heavy atom. The fraction of sp³-hybridized carbons (Fsp3) is 0.429. The van der Waals surface area contributed by atoms with Gasteiger partial charge in [-0.1, -0.05) is 0 Å². The predicted molar refractivity (Wildman–Crippen MR) is 83.2 cm³/mol. The highest BCUT2D eigenvalue weighted by Crippen LogP contribution is 2.37. The third-order valence-electron chi connectivity index (χ3n) is 2.95. The van der Waals surface area contributed by atoms with Crippen molar-refractivity contribution in [3.63, 3.8) is 0 Å². The van der Waals surface area contributed by atoms with Crippen LogP contribution in [0, 0.1) is 0 Å². The third kappa shape index (κ3) is 3.74. The molecule has 2 N–H and O–H groups in total. The van der Waals surface area contributed by atoms with Crippen LogP contribution in [-0.2, 0) is 19.7 Å². The molecule has 1 heterocycles. The van der Waals surface area contributed by atoms with E-state index in [0.29, 0.717) is 31.3 Å². The second kappa shape index (κ2) is 7.42. The van der Waals surface area contributed by atoms with Crippen LogP contribution in [0.5, 0.6) is 11.5 Å². The molecule has 21 heavy (non-hydrogen) atoms. The summed E-state index contributed by atoms with van der Waals surface area (Å²) in [5.74, 6) is 2.10. The maximum Gasteiger partial charge on any atom is 0.176 e. The van der Waals surface area contributed by atoms with Gasteiger partial charge in [0.15, 0.2) is 17.3 Å². The van der Waals surface area contributed by atoms with Crippen molar-refractivity contribution in [1.82, 2.24) is 14.8 Å². The first-order chi connectivity index (χ1) is 10.2. The lowest BCUT2D eigenvalue weighted by Gasteiger charge is -2.15. The summed E-state index contributed by atoms with van der Waals surface area (Å²) < 4.78 is 14.1. The summed E-state index contributed by atoms with van der Waals surface area (Å²) >= 11 is 3.51. The fourth-order valence-electron chi connectivity index (χ4n) is 1.94. The standard InChI is InChI=1S/C14H19BrN4O2/c1-3-19-13(17-9-18-19)8-21-14-11(15)5-10(7-16)6-12(14)20-4-2/h5-6,9H,3-4,7-8,16H2,1-2H3. The maximum atomic E-state index is 5.87. The molecule has 0 radical (unpaired) electrons. The summed E-state index contributed by atoms with van der Waals surface area (Å²) in [6, 6.07) is 3.83. The Kier molecular flexibility index (Phi) is 5.58. The van der Waals surface area contributed by atoms with Gasteiger partial charge in [0.1, 0.15) is 12.9 Å². The van der Waals surface area contributed by atoms with Crippen LogP contribution in [0.25, 0.3) is 0 Å². The van der Waals surface area contributed by atoms with Crippen molar-refractivity contribution in [2.45, 2.75) is 33.5 Å². The Morgan fingerprint density at radius 3 is 2.76 bits per heavy atom. The van der Waals surface area contributed by atoms with Gasteiger partial charge in [0.25, 0.3) is 0 Å². The number of halogens is 1. The van der Waals surface area contributed by atoms with Gasteiger partial charge in [-0.3, -0.25) is 0 Å². The maximum absolute atomic E-state index is 5.87. The van der Waals surface area contributed by atoms with Crippen LogP contribution in [-0.4, -0.2) is 21.4 Å². The van der Waals surface area contributed by atoms with Crippen molar-refractivity contribution >= 4 is 15.9 Å². The number of nitrogens with zero attached hydrogens (tertiary/aromatic N) is 3. The molecular weight excluding hydrogens is 336 g/mol. The highest BCUT2D eigenvalue weighted by Gasteiger charge is 2.13. The number of hydrogen-bond donors (Lipinski definition) is 1. The van der Waals surface area contributed by atoms with Crippen molar-refractivity contribution in [3.8, 4) is 11.5 Å². The molecule has 1 aromatic carbocycles. The molecule has 6 nitrogen and oxygen atoms in total. The van der Waals surface area contributed by atoms with Crippen LogP contribution >= 0.6 is 15.9 Å². The van der Waals surface area contributed by atoms with E-state index in [9.17, 15) is 0 Å². The second-order valence-electron chi connectivity index (χ2n) is 4.32. The average molecular weight is 355 g/mol. The zero-order valence-corrected chi connectivity index (χ0v) is 13.8. The summed E-state index contributed by atoms with van der Waals surface area (Å²) in [6.45, 7) is 6.03. The Morgan fingerprint density at radius 1 is 1.29 bits per heavy atom. The van der Waals surface area contributed by atoms with Crippen molar-refractivity contribution in [3.05, 3.63) is 34.3 Å². The first-order valence-electron chi connectivity index (χ1n) is 6.84. The summed E-state index contributed by atoms with van der Waals surface area (Å²) in [7, 11) is 0. The number of hydrogen-bond acceptors (Lipinski definition) is 5. The van der Waals surface area contributed by atoms with E-state index in [2.05, 4.69) is 26.0 Å². The normalized spacial score (nSPS) is 10.7. The van der Waals surface area contributed by atoms with E-state index in [-0.39, 0.29) is 0 Å². The van der Waals surface area contributed by atoms with E-state index >= 15 is 0 Å². The van der Waals surface area contributed by atoms with Gasteiger partial charge in [-0.2, -0.15) is 5.10 Å². The van der Waals surface area contributed by atoms with Gasteiger partial charge in [-0.25, -0.2) is 9.67 Å². The topological polar surface area (TPSA) is 75.2 Å². The fourth-order valence-corrected chi connectivity index (χ4v) is 2.55. The minimum Gasteiger partial charge on any atom is -0.490 e. The quantitative estimate of drug-likeness (QED) is 0.826. The molecule has 0 aliphatic rings. The van der Waals surface area contributed by atoms with E-state index in [0.717, 1.165) is 22.4 Å². The molecule has 0 aliphatic heterocycles. The first kappa shape index (κ1) is 15.8. The number of benzene rings is 1. The number of aryl methyl sites for hydroxylation is 1. The molecule has 2 aromatic rings. The number of ether oxygens (including phenoxy) is 2. The molecule has 0 amide bonds. The average Bonchev–Trinajstić information content (AvgIpc) is 2.94. The summed E-state index contributed by atoms with van der Waals surface area (Å²) in [6.07, 6.45) is 1.53. The second-order valence-corrected chi connectivity index (χ2v) is 5.18. The van der Waals surface area contributed by atoms with Crippen LogP contribution in [0.3, 0.4) is 0 Å². The number of nitrogens with two attached hydrogens (primary N) is 1. The molecule has 0 saturated carbocycles. The number of rotatable bonds is 7. The third-order valence-corrected chi connectivity index (χ3v) is 3.53. The van der Waals surface area contributed by atoms with Gasteiger partial charge in [0.2, 0.25) is 0 Å². The van der Waals surface area contributed by atoms with Crippen molar-refractivity contribution in [2.24, 2.45) is 5.73 Å². The molecule has 0 unspecified atom stereocenters. The molecule has 0 aliphatic carbocycles. The Hall–Kier alpha value is -1.60. The van der Waals surface area contributed by atoms with Gasteiger partial charge in [0, 0.05) is 13.1 Å².